The van der Waals surface area contributed by atoms with Crippen LogP contribution in [-0.4, -0.2) is 35.0 Å². The minimum atomic E-state index is -4.74. The number of amides is 1. The number of nitrogens with zero attached hydrogens (tertiary/aromatic N) is 1. The molecule has 0 aliphatic heterocycles. The van der Waals surface area contributed by atoms with E-state index in [-0.39, 0.29) is 6.54 Å². The van der Waals surface area contributed by atoms with Crippen LogP contribution >= 0.6 is 0 Å². The topological polar surface area (TPSA) is 57.6 Å². The van der Waals surface area contributed by atoms with E-state index in [1.807, 2.05) is 0 Å². The molecule has 0 unspecified atom stereocenters. The Kier molecular flexibility index (Phi) is 5.07. The summed E-state index contributed by atoms with van der Waals surface area (Å²) >= 11 is 0. The van der Waals surface area contributed by atoms with Gasteiger partial charge in [0.1, 0.15) is 12.4 Å². The first-order valence-electron chi connectivity index (χ1n) is 5.65. The van der Waals surface area contributed by atoms with Gasteiger partial charge < -0.3 is 10.0 Å². The maximum absolute atomic E-state index is 13.6. The molecule has 1 aromatic rings. The highest BCUT2D eigenvalue weighted by Gasteiger charge is 2.32. The van der Waals surface area contributed by atoms with Crippen molar-refractivity contribution in [2.45, 2.75) is 6.18 Å². The van der Waals surface area contributed by atoms with Gasteiger partial charge in [-0.15, -0.1) is 6.58 Å². The fraction of sp³-hybridized carbons (Fsp3) is 0.231. The lowest BCUT2D eigenvalue weighted by molar-refractivity contribution is -0.138. The number of alkyl halides is 3. The normalized spacial score (nSPS) is 11.0. The Morgan fingerprint density at radius 1 is 1.33 bits per heavy atom. The van der Waals surface area contributed by atoms with Crippen molar-refractivity contribution in [1.29, 1.82) is 0 Å². The van der Waals surface area contributed by atoms with Crippen LogP contribution in [0.5, 0.6) is 0 Å². The third-order valence-electron chi connectivity index (χ3n) is 2.49. The number of benzene rings is 1. The van der Waals surface area contributed by atoms with Gasteiger partial charge in [0.15, 0.2) is 0 Å². The predicted octanol–water partition coefficient (Wildman–Crippen LogP) is 2.56. The van der Waals surface area contributed by atoms with Crippen LogP contribution in [0.25, 0.3) is 0 Å². The van der Waals surface area contributed by atoms with Gasteiger partial charge in [0, 0.05) is 6.54 Å². The zero-order chi connectivity index (χ0) is 16.2. The summed E-state index contributed by atoms with van der Waals surface area (Å²) in [6.45, 7) is 2.29. The molecule has 0 spiro atoms. The maximum Gasteiger partial charge on any atom is 0.416 e. The molecule has 114 valence electrons. The van der Waals surface area contributed by atoms with Crippen molar-refractivity contribution in [3.8, 4) is 0 Å². The molecule has 0 radical (unpaired) electrons. The summed E-state index contributed by atoms with van der Waals surface area (Å²) in [5.41, 5.74) is -2.03. The monoisotopic (exact) mass is 305 g/mol. The Morgan fingerprint density at radius 3 is 2.43 bits per heavy atom. The number of carboxylic acids is 1. The summed E-state index contributed by atoms with van der Waals surface area (Å²) in [5, 5.41) is 8.66. The van der Waals surface area contributed by atoms with Crippen LogP contribution in [0.15, 0.2) is 30.9 Å². The molecule has 0 saturated carbocycles. The number of aliphatic carboxylic acids is 1. The highest BCUT2D eigenvalue weighted by atomic mass is 19.4. The van der Waals surface area contributed by atoms with Gasteiger partial charge in [0.05, 0.1) is 11.1 Å². The largest absolute Gasteiger partial charge is 0.480 e. The van der Waals surface area contributed by atoms with E-state index < -0.39 is 41.5 Å². The first-order valence-corrected chi connectivity index (χ1v) is 5.65. The molecule has 1 aromatic carbocycles. The molecule has 1 rings (SSSR count). The molecular formula is C13H11F4NO3. The fourth-order valence-corrected chi connectivity index (χ4v) is 1.57. The van der Waals surface area contributed by atoms with Gasteiger partial charge in [0.25, 0.3) is 5.91 Å². The van der Waals surface area contributed by atoms with Crippen LogP contribution in [0.4, 0.5) is 17.6 Å². The second kappa shape index (κ2) is 6.38. The summed E-state index contributed by atoms with van der Waals surface area (Å²) < 4.78 is 51.3. The minimum Gasteiger partial charge on any atom is -0.480 e. The molecule has 4 nitrogen and oxygen atoms in total. The lowest BCUT2D eigenvalue weighted by Gasteiger charge is -2.19. The van der Waals surface area contributed by atoms with E-state index in [2.05, 4.69) is 6.58 Å². The number of carboxylic acid groups (broad SMARTS) is 1. The van der Waals surface area contributed by atoms with Gasteiger partial charge in [-0.1, -0.05) is 6.08 Å². The second-order valence-electron chi connectivity index (χ2n) is 4.06. The van der Waals surface area contributed by atoms with Gasteiger partial charge in [-0.3, -0.25) is 9.59 Å². The summed E-state index contributed by atoms with van der Waals surface area (Å²) in [7, 11) is 0. The van der Waals surface area contributed by atoms with Gasteiger partial charge in [0.2, 0.25) is 0 Å². The van der Waals surface area contributed by atoms with Gasteiger partial charge in [-0.05, 0) is 18.2 Å². The predicted molar refractivity (Wildman–Crippen MR) is 65.1 cm³/mol. The summed E-state index contributed by atoms with van der Waals surface area (Å²) in [6, 6.07) is 1.37. The van der Waals surface area contributed by atoms with Crippen molar-refractivity contribution < 1.29 is 32.3 Å². The lowest BCUT2D eigenvalue weighted by atomic mass is 10.1. The van der Waals surface area contributed by atoms with Crippen LogP contribution in [-0.2, 0) is 11.0 Å². The van der Waals surface area contributed by atoms with Crippen molar-refractivity contribution >= 4 is 11.9 Å². The summed E-state index contributed by atoms with van der Waals surface area (Å²) in [4.78, 5) is 23.3. The second-order valence-corrected chi connectivity index (χ2v) is 4.06. The van der Waals surface area contributed by atoms with E-state index in [4.69, 9.17) is 5.11 Å². The number of carbonyl (C=O) groups is 2. The van der Waals surface area contributed by atoms with E-state index in [1.54, 1.807) is 0 Å². The first kappa shape index (κ1) is 16.7. The van der Waals surface area contributed by atoms with Crippen molar-refractivity contribution in [2.75, 3.05) is 13.1 Å². The third-order valence-corrected chi connectivity index (χ3v) is 2.49. The van der Waals surface area contributed by atoms with E-state index in [1.165, 1.54) is 6.08 Å². The SMILES string of the molecule is C=CCN(CC(=O)O)C(=O)c1cc(C(F)(F)F)ccc1F. The smallest absolute Gasteiger partial charge is 0.416 e. The Bertz CT molecular complexity index is 569. The number of hydrogen-bond acceptors (Lipinski definition) is 2. The Morgan fingerprint density at radius 2 is 1.95 bits per heavy atom. The summed E-state index contributed by atoms with van der Waals surface area (Å²) in [5.74, 6) is -3.69. The Labute approximate surface area is 117 Å². The van der Waals surface area contributed by atoms with Crippen molar-refractivity contribution in [3.63, 3.8) is 0 Å². The Balaban J connectivity index is 3.20. The molecule has 8 heteroatoms. The van der Waals surface area contributed by atoms with Crippen molar-refractivity contribution in [3.05, 3.63) is 47.8 Å². The number of carbonyl (C=O) groups excluding carboxylic acids is 1. The lowest BCUT2D eigenvalue weighted by Crippen LogP contribution is -2.36. The summed E-state index contributed by atoms with van der Waals surface area (Å²) in [6.07, 6.45) is -3.55. The molecule has 0 bridgehead atoms. The van der Waals surface area contributed by atoms with Crippen LogP contribution in [0.2, 0.25) is 0 Å². The van der Waals surface area contributed by atoms with Crippen LogP contribution in [0, 0.1) is 5.82 Å². The highest BCUT2D eigenvalue weighted by molar-refractivity contribution is 5.96. The molecule has 0 aliphatic rings. The molecule has 0 fully saturated rings. The third kappa shape index (κ3) is 4.30. The van der Waals surface area contributed by atoms with Crippen LogP contribution in [0.3, 0.4) is 0 Å². The van der Waals surface area contributed by atoms with Gasteiger partial charge in [-0.25, -0.2) is 4.39 Å². The van der Waals surface area contributed by atoms with Crippen LogP contribution in [0.1, 0.15) is 15.9 Å². The average molecular weight is 305 g/mol. The quantitative estimate of drug-likeness (QED) is 0.672. The van der Waals surface area contributed by atoms with Gasteiger partial charge >= 0.3 is 12.1 Å². The van der Waals surface area contributed by atoms with Crippen molar-refractivity contribution in [1.82, 2.24) is 4.90 Å². The molecular weight excluding hydrogens is 294 g/mol. The molecule has 0 atom stereocenters. The van der Waals surface area contributed by atoms with E-state index >= 15 is 0 Å². The Hall–Kier alpha value is -2.38. The van der Waals surface area contributed by atoms with E-state index in [0.29, 0.717) is 23.1 Å². The number of hydrogen-bond donors (Lipinski definition) is 1. The van der Waals surface area contributed by atoms with Gasteiger partial charge in [-0.2, -0.15) is 13.2 Å². The zero-order valence-electron chi connectivity index (χ0n) is 10.7. The number of halogens is 4. The van der Waals surface area contributed by atoms with E-state index in [9.17, 15) is 27.2 Å². The molecule has 21 heavy (non-hydrogen) atoms. The van der Waals surface area contributed by atoms with E-state index in [0.717, 1.165) is 0 Å². The van der Waals surface area contributed by atoms with Crippen LogP contribution < -0.4 is 0 Å². The van der Waals surface area contributed by atoms with Crippen molar-refractivity contribution in [2.24, 2.45) is 0 Å². The maximum atomic E-state index is 13.6. The molecule has 0 aromatic heterocycles. The molecule has 1 amide bonds. The standard InChI is InChI=1S/C13H11F4NO3/c1-2-5-18(7-11(19)20)12(21)9-6-8(13(15,16)17)3-4-10(9)14/h2-4,6H,1,5,7H2,(H,19,20). The minimum absolute atomic E-state index is 0.235. The number of rotatable bonds is 5. The molecule has 0 heterocycles. The first-order chi connectivity index (χ1) is 9.66. The molecule has 0 aliphatic carbocycles. The molecule has 0 saturated heterocycles. The zero-order valence-corrected chi connectivity index (χ0v) is 10.7. The molecule has 1 N–H and O–H groups in total. The average Bonchev–Trinajstić information content (AvgIpc) is 2.36. The fourth-order valence-electron chi connectivity index (χ4n) is 1.57. The highest BCUT2D eigenvalue weighted by Crippen LogP contribution is 2.30.